The second-order valence-electron chi connectivity index (χ2n) is 4.54. The van der Waals surface area contributed by atoms with Crippen molar-refractivity contribution in [1.29, 1.82) is 0 Å². The minimum atomic E-state index is -2.30. The van der Waals surface area contributed by atoms with Gasteiger partial charge in [0.05, 0.1) is 0 Å². The van der Waals surface area contributed by atoms with Gasteiger partial charge in [-0.2, -0.15) is 0 Å². The predicted octanol–water partition coefficient (Wildman–Crippen LogP) is 1.45. The Kier molecular flexibility index (Phi) is 4.48. The molecule has 1 fully saturated rings. The molecule has 0 unspecified atom stereocenters. The number of nitrogens with one attached hydrogen (secondary N) is 2. The summed E-state index contributed by atoms with van der Waals surface area (Å²) in [4.78, 5) is 24.0. The maximum Gasteiger partial charge on any atom is 0.257 e. The van der Waals surface area contributed by atoms with Crippen LogP contribution in [0.1, 0.15) is 12.8 Å². The van der Waals surface area contributed by atoms with E-state index in [4.69, 9.17) is 0 Å². The first kappa shape index (κ1) is 16.0. The normalized spacial score (nSPS) is 14.4. The minimum Gasteiger partial charge on any atom is -0.333 e. The molecular weight excluding hydrogens is 313 g/mol. The molecule has 2 N–H and O–H groups in total. The number of hydrogen-bond donors (Lipinski definition) is 2. The lowest BCUT2D eigenvalue weighted by atomic mass is 10.2. The standard InChI is InChI=1S/C12H10F5N3O2/c13-7-8(14)10(16)12(11(17)9(7)15)19-18-5(21)4-20-3-1-2-6(20)22/h19H,1-4H2,(H,18,21). The van der Waals surface area contributed by atoms with Crippen molar-refractivity contribution in [3.63, 3.8) is 0 Å². The Morgan fingerprint density at radius 3 is 2.05 bits per heavy atom. The third kappa shape index (κ3) is 2.95. The van der Waals surface area contributed by atoms with Crippen LogP contribution < -0.4 is 10.9 Å². The Morgan fingerprint density at radius 2 is 1.55 bits per heavy atom. The highest BCUT2D eigenvalue weighted by Crippen LogP contribution is 2.26. The second kappa shape index (κ2) is 6.16. The minimum absolute atomic E-state index is 0.258. The first-order valence-corrected chi connectivity index (χ1v) is 6.17. The van der Waals surface area contributed by atoms with Crippen LogP contribution in [-0.2, 0) is 9.59 Å². The van der Waals surface area contributed by atoms with E-state index in [-0.39, 0.29) is 12.5 Å². The van der Waals surface area contributed by atoms with Crippen molar-refractivity contribution < 1.29 is 31.5 Å². The molecule has 1 aliphatic heterocycles. The molecule has 2 amide bonds. The molecule has 120 valence electrons. The van der Waals surface area contributed by atoms with Crippen LogP contribution in [0.15, 0.2) is 0 Å². The Balaban J connectivity index is 2.05. The lowest BCUT2D eigenvalue weighted by Gasteiger charge is -2.16. The van der Waals surface area contributed by atoms with Gasteiger partial charge in [-0.15, -0.1) is 0 Å². The fourth-order valence-corrected chi connectivity index (χ4v) is 1.93. The van der Waals surface area contributed by atoms with E-state index in [2.05, 4.69) is 0 Å². The van der Waals surface area contributed by atoms with Gasteiger partial charge in [0.1, 0.15) is 12.2 Å². The van der Waals surface area contributed by atoms with E-state index in [0.717, 1.165) is 0 Å². The summed E-state index contributed by atoms with van der Waals surface area (Å²) in [7, 11) is 0. The molecule has 0 saturated carbocycles. The van der Waals surface area contributed by atoms with Crippen LogP contribution in [0.25, 0.3) is 0 Å². The van der Waals surface area contributed by atoms with E-state index < -0.39 is 40.7 Å². The average molecular weight is 323 g/mol. The van der Waals surface area contributed by atoms with Gasteiger partial charge >= 0.3 is 0 Å². The topological polar surface area (TPSA) is 61.4 Å². The number of amides is 2. The van der Waals surface area contributed by atoms with Crippen molar-refractivity contribution in [2.75, 3.05) is 18.5 Å². The number of carbonyl (C=O) groups is 2. The van der Waals surface area contributed by atoms with Crippen molar-refractivity contribution in [3.8, 4) is 0 Å². The number of nitrogens with zero attached hydrogens (tertiary/aromatic N) is 1. The molecule has 1 saturated heterocycles. The van der Waals surface area contributed by atoms with Crippen LogP contribution >= 0.6 is 0 Å². The Hall–Kier alpha value is -2.39. The molecule has 0 aromatic heterocycles. The molecule has 0 atom stereocenters. The Morgan fingerprint density at radius 1 is 1.00 bits per heavy atom. The van der Waals surface area contributed by atoms with Crippen molar-refractivity contribution in [2.45, 2.75) is 12.8 Å². The molecule has 0 spiro atoms. The number of benzene rings is 1. The van der Waals surface area contributed by atoms with Gasteiger partial charge in [0.2, 0.25) is 11.7 Å². The lowest BCUT2D eigenvalue weighted by molar-refractivity contribution is -0.132. The van der Waals surface area contributed by atoms with E-state index >= 15 is 0 Å². The summed E-state index contributed by atoms with van der Waals surface area (Å²) in [6.45, 7) is -0.0317. The van der Waals surface area contributed by atoms with Gasteiger partial charge in [0, 0.05) is 13.0 Å². The van der Waals surface area contributed by atoms with Gasteiger partial charge in [-0.05, 0) is 6.42 Å². The summed E-state index contributed by atoms with van der Waals surface area (Å²) >= 11 is 0. The lowest BCUT2D eigenvalue weighted by Crippen LogP contribution is -2.40. The molecular formula is C12H10F5N3O2. The summed E-state index contributed by atoms with van der Waals surface area (Å²) in [6, 6.07) is 0. The zero-order valence-corrected chi connectivity index (χ0v) is 11.0. The molecule has 1 aliphatic rings. The molecule has 0 aliphatic carbocycles. The number of carbonyl (C=O) groups excluding carboxylic acids is 2. The van der Waals surface area contributed by atoms with Crippen molar-refractivity contribution in [2.24, 2.45) is 0 Å². The molecule has 2 rings (SSSR count). The maximum absolute atomic E-state index is 13.3. The molecule has 1 heterocycles. The first-order chi connectivity index (χ1) is 10.3. The van der Waals surface area contributed by atoms with Crippen molar-refractivity contribution in [1.82, 2.24) is 10.3 Å². The first-order valence-electron chi connectivity index (χ1n) is 6.17. The van der Waals surface area contributed by atoms with E-state index in [9.17, 15) is 31.5 Å². The molecule has 0 bridgehead atoms. The van der Waals surface area contributed by atoms with E-state index in [1.807, 2.05) is 0 Å². The summed E-state index contributed by atoms with van der Waals surface area (Å²) in [5.41, 5.74) is 2.05. The highest BCUT2D eigenvalue weighted by Gasteiger charge is 2.27. The number of rotatable bonds is 4. The average Bonchev–Trinajstić information content (AvgIpc) is 2.88. The Bertz CT molecular complexity index is 609. The summed E-state index contributed by atoms with van der Waals surface area (Å²) in [6.07, 6.45) is 0.871. The maximum atomic E-state index is 13.3. The fraction of sp³-hybridized carbons (Fsp3) is 0.333. The van der Waals surface area contributed by atoms with Crippen LogP contribution in [0.3, 0.4) is 0 Å². The Labute approximate surface area is 121 Å². The summed E-state index contributed by atoms with van der Waals surface area (Å²) in [5.74, 6) is -11.9. The predicted molar refractivity (Wildman–Crippen MR) is 63.8 cm³/mol. The van der Waals surface area contributed by atoms with Crippen LogP contribution in [-0.4, -0.2) is 29.8 Å². The second-order valence-corrected chi connectivity index (χ2v) is 4.54. The van der Waals surface area contributed by atoms with E-state index in [1.54, 1.807) is 10.9 Å². The van der Waals surface area contributed by atoms with Gasteiger partial charge in [0.15, 0.2) is 23.3 Å². The van der Waals surface area contributed by atoms with E-state index in [1.165, 1.54) is 4.90 Å². The fourth-order valence-electron chi connectivity index (χ4n) is 1.93. The molecule has 22 heavy (non-hydrogen) atoms. The largest absolute Gasteiger partial charge is 0.333 e. The molecule has 0 radical (unpaired) electrons. The van der Waals surface area contributed by atoms with E-state index in [0.29, 0.717) is 19.4 Å². The highest BCUT2D eigenvalue weighted by molar-refractivity contribution is 5.86. The summed E-state index contributed by atoms with van der Waals surface area (Å²) in [5, 5.41) is 0. The monoisotopic (exact) mass is 323 g/mol. The quantitative estimate of drug-likeness (QED) is 0.382. The molecule has 5 nitrogen and oxygen atoms in total. The van der Waals surface area contributed by atoms with Gasteiger partial charge in [-0.25, -0.2) is 22.0 Å². The van der Waals surface area contributed by atoms with Gasteiger partial charge < -0.3 is 4.90 Å². The zero-order chi connectivity index (χ0) is 16.4. The van der Waals surface area contributed by atoms with Crippen LogP contribution in [0.5, 0.6) is 0 Å². The third-order valence-corrected chi connectivity index (χ3v) is 3.04. The molecule has 10 heteroatoms. The number of hydrogen-bond acceptors (Lipinski definition) is 3. The van der Waals surface area contributed by atoms with Crippen molar-refractivity contribution in [3.05, 3.63) is 29.1 Å². The van der Waals surface area contributed by atoms with Gasteiger partial charge in [0.25, 0.3) is 5.91 Å². The molecule has 1 aromatic rings. The van der Waals surface area contributed by atoms with Gasteiger partial charge in [-0.3, -0.25) is 20.4 Å². The molecule has 1 aromatic carbocycles. The van der Waals surface area contributed by atoms with Crippen LogP contribution in [0, 0.1) is 29.1 Å². The number of likely N-dealkylation sites (tertiary alicyclic amines) is 1. The highest BCUT2D eigenvalue weighted by atomic mass is 19.2. The summed E-state index contributed by atoms with van der Waals surface area (Å²) < 4.78 is 65.3. The van der Waals surface area contributed by atoms with Crippen LogP contribution in [0.4, 0.5) is 27.6 Å². The van der Waals surface area contributed by atoms with Crippen molar-refractivity contribution >= 4 is 17.5 Å². The smallest absolute Gasteiger partial charge is 0.257 e. The number of anilines is 1. The van der Waals surface area contributed by atoms with Crippen LogP contribution in [0.2, 0.25) is 0 Å². The third-order valence-electron chi connectivity index (χ3n) is 3.04. The number of hydrazine groups is 1. The van der Waals surface area contributed by atoms with Gasteiger partial charge in [-0.1, -0.05) is 0 Å². The number of halogens is 5. The SMILES string of the molecule is O=C(CN1CCCC1=O)NNc1c(F)c(F)c(F)c(F)c1F. The zero-order valence-electron chi connectivity index (χ0n) is 11.0.